The van der Waals surface area contributed by atoms with E-state index in [0.717, 1.165) is 11.3 Å². The van der Waals surface area contributed by atoms with Gasteiger partial charge in [0, 0.05) is 18.3 Å². The quantitative estimate of drug-likeness (QED) is 0.522. The van der Waals surface area contributed by atoms with Crippen LogP contribution in [0.25, 0.3) is 0 Å². The van der Waals surface area contributed by atoms with Crippen LogP contribution in [0.15, 0.2) is 17.1 Å². The number of aryl methyl sites for hydroxylation is 1. The van der Waals surface area contributed by atoms with E-state index in [9.17, 15) is 4.39 Å². The second kappa shape index (κ2) is 3.56. The summed E-state index contributed by atoms with van der Waals surface area (Å²) in [6, 6.07) is 3.25. The average Bonchev–Trinajstić information content (AvgIpc) is 2.10. The van der Waals surface area contributed by atoms with Crippen LogP contribution in [0, 0.1) is 12.7 Å². The lowest BCUT2D eigenvalue weighted by Gasteiger charge is -2.06. The number of benzene rings is 1. The monoisotopic (exact) mass is 180 g/mol. The number of nitrogens with zero attached hydrogens (tertiary/aromatic N) is 1. The van der Waals surface area contributed by atoms with E-state index in [4.69, 9.17) is 5.73 Å². The predicted molar refractivity (Wildman–Crippen MR) is 53.7 cm³/mol. The predicted octanol–water partition coefficient (Wildman–Crippen LogP) is 2.16. The highest BCUT2D eigenvalue weighted by Gasteiger charge is 2.07. The van der Waals surface area contributed by atoms with Gasteiger partial charge in [-0.1, -0.05) is 0 Å². The molecule has 0 aliphatic carbocycles. The number of rotatable bonds is 1. The Morgan fingerprint density at radius 2 is 2.08 bits per heavy atom. The van der Waals surface area contributed by atoms with E-state index in [-0.39, 0.29) is 11.5 Å². The summed E-state index contributed by atoms with van der Waals surface area (Å²) in [6.45, 7) is 3.64. The molecule has 1 aromatic carbocycles. The fourth-order valence-electron chi connectivity index (χ4n) is 1.17. The number of anilines is 1. The fourth-order valence-corrected chi connectivity index (χ4v) is 1.17. The van der Waals surface area contributed by atoms with Crippen LogP contribution in [0.3, 0.4) is 0 Å². The van der Waals surface area contributed by atoms with Gasteiger partial charge in [0.2, 0.25) is 0 Å². The smallest absolute Gasteiger partial charge is 0.147 e. The van der Waals surface area contributed by atoms with Crippen LogP contribution in [-0.2, 0) is 0 Å². The Hall–Kier alpha value is -1.38. The standard InChI is InChI=1S/C10H13FN2/c1-6-4-8(7(2)13-3)10(12)9(11)5-6/h4-5H,12H2,1-3H3. The van der Waals surface area contributed by atoms with Gasteiger partial charge < -0.3 is 5.73 Å². The summed E-state index contributed by atoms with van der Waals surface area (Å²) in [4.78, 5) is 3.97. The van der Waals surface area contributed by atoms with Crippen molar-refractivity contribution in [2.24, 2.45) is 4.99 Å². The molecule has 0 saturated carbocycles. The molecule has 0 aromatic heterocycles. The van der Waals surface area contributed by atoms with Gasteiger partial charge in [0.25, 0.3) is 0 Å². The second-order valence-corrected chi connectivity index (χ2v) is 3.02. The molecule has 70 valence electrons. The molecule has 0 aliphatic rings. The Kier molecular flexibility index (Phi) is 2.66. The van der Waals surface area contributed by atoms with Crippen molar-refractivity contribution in [2.75, 3.05) is 12.8 Å². The molecule has 0 aliphatic heterocycles. The molecule has 1 aromatic rings. The third-order valence-electron chi connectivity index (χ3n) is 2.00. The van der Waals surface area contributed by atoms with Crippen LogP contribution in [0.1, 0.15) is 18.1 Å². The SMILES string of the molecule is CN=C(C)c1cc(C)cc(F)c1N. The van der Waals surface area contributed by atoms with E-state index >= 15 is 0 Å². The van der Waals surface area contributed by atoms with E-state index < -0.39 is 0 Å². The highest BCUT2D eigenvalue weighted by atomic mass is 19.1. The minimum absolute atomic E-state index is 0.175. The number of nitrogens with two attached hydrogens (primary N) is 1. The van der Waals surface area contributed by atoms with Crippen LogP contribution in [-0.4, -0.2) is 12.8 Å². The molecule has 0 unspecified atom stereocenters. The molecule has 1 rings (SSSR count). The summed E-state index contributed by atoms with van der Waals surface area (Å²) in [5.41, 5.74) is 8.03. The van der Waals surface area contributed by atoms with E-state index in [1.165, 1.54) is 6.07 Å². The highest BCUT2D eigenvalue weighted by molar-refractivity contribution is 6.03. The lowest BCUT2D eigenvalue weighted by molar-refractivity contribution is 0.631. The summed E-state index contributed by atoms with van der Waals surface area (Å²) in [7, 11) is 1.66. The second-order valence-electron chi connectivity index (χ2n) is 3.02. The van der Waals surface area contributed by atoms with Gasteiger partial charge in [-0.05, 0) is 31.5 Å². The summed E-state index contributed by atoms with van der Waals surface area (Å²) >= 11 is 0. The van der Waals surface area contributed by atoms with Crippen molar-refractivity contribution in [2.45, 2.75) is 13.8 Å². The van der Waals surface area contributed by atoms with E-state index in [1.54, 1.807) is 7.05 Å². The van der Waals surface area contributed by atoms with Crippen molar-refractivity contribution >= 4 is 11.4 Å². The van der Waals surface area contributed by atoms with E-state index in [0.29, 0.717) is 5.56 Å². The first-order chi connectivity index (χ1) is 6.06. The topological polar surface area (TPSA) is 38.4 Å². The molecule has 0 fully saturated rings. The third-order valence-corrected chi connectivity index (χ3v) is 2.00. The fraction of sp³-hybridized carbons (Fsp3) is 0.300. The summed E-state index contributed by atoms with van der Waals surface area (Å²) in [5.74, 6) is -0.377. The molecule has 0 bridgehead atoms. The van der Waals surface area contributed by atoms with Crippen LogP contribution in [0.4, 0.5) is 10.1 Å². The summed E-state index contributed by atoms with van der Waals surface area (Å²) < 4.78 is 13.2. The van der Waals surface area contributed by atoms with Crippen LogP contribution < -0.4 is 5.73 Å². The Morgan fingerprint density at radius 1 is 1.46 bits per heavy atom. The molecule has 0 radical (unpaired) electrons. The third kappa shape index (κ3) is 1.86. The summed E-state index contributed by atoms with van der Waals surface area (Å²) in [6.07, 6.45) is 0. The first-order valence-electron chi connectivity index (χ1n) is 4.05. The largest absolute Gasteiger partial charge is 0.396 e. The molecule has 0 saturated heterocycles. The minimum atomic E-state index is -0.377. The molecule has 13 heavy (non-hydrogen) atoms. The van der Waals surface area contributed by atoms with Crippen LogP contribution >= 0.6 is 0 Å². The molecule has 2 N–H and O–H groups in total. The Bertz CT molecular complexity index is 356. The van der Waals surface area contributed by atoms with Crippen molar-refractivity contribution < 1.29 is 4.39 Å². The zero-order valence-electron chi connectivity index (χ0n) is 8.06. The zero-order valence-corrected chi connectivity index (χ0v) is 8.06. The van der Waals surface area contributed by atoms with E-state index in [1.807, 2.05) is 19.9 Å². The Balaban J connectivity index is 3.37. The number of hydrogen-bond acceptors (Lipinski definition) is 2. The van der Waals surface area contributed by atoms with E-state index in [2.05, 4.69) is 4.99 Å². The van der Waals surface area contributed by atoms with Crippen molar-refractivity contribution in [1.29, 1.82) is 0 Å². The first-order valence-corrected chi connectivity index (χ1v) is 4.05. The maximum Gasteiger partial charge on any atom is 0.147 e. The maximum absolute atomic E-state index is 13.2. The molecule has 0 atom stereocenters. The van der Waals surface area contributed by atoms with Crippen molar-refractivity contribution in [3.63, 3.8) is 0 Å². The maximum atomic E-state index is 13.2. The van der Waals surface area contributed by atoms with Gasteiger partial charge in [-0.2, -0.15) is 0 Å². The number of aliphatic imine (C=N–C) groups is 1. The van der Waals surface area contributed by atoms with Gasteiger partial charge in [0.15, 0.2) is 0 Å². The average molecular weight is 180 g/mol. The number of hydrogen-bond donors (Lipinski definition) is 1. The normalized spacial score (nSPS) is 11.8. The first kappa shape index (κ1) is 9.71. The lowest BCUT2D eigenvalue weighted by atomic mass is 10.1. The molecular weight excluding hydrogens is 167 g/mol. The van der Waals surface area contributed by atoms with Gasteiger partial charge in [0.1, 0.15) is 5.82 Å². The van der Waals surface area contributed by atoms with Crippen LogP contribution in [0.5, 0.6) is 0 Å². The molecule has 0 amide bonds. The van der Waals surface area contributed by atoms with Crippen molar-refractivity contribution in [3.8, 4) is 0 Å². The van der Waals surface area contributed by atoms with Gasteiger partial charge in [0.05, 0.1) is 5.69 Å². The van der Waals surface area contributed by atoms with Gasteiger partial charge >= 0.3 is 0 Å². The molecular formula is C10H13FN2. The van der Waals surface area contributed by atoms with Crippen molar-refractivity contribution in [1.82, 2.24) is 0 Å². The van der Waals surface area contributed by atoms with Gasteiger partial charge in [-0.3, -0.25) is 4.99 Å². The Labute approximate surface area is 77.3 Å². The van der Waals surface area contributed by atoms with Crippen molar-refractivity contribution in [3.05, 3.63) is 29.1 Å². The summed E-state index contributed by atoms with van der Waals surface area (Å²) in [5, 5.41) is 0. The van der Waals surface area contributed by atoms with Crippen LogP contribution in [0.2, 0.25) is 0 Å². The number of halogens is 1. The Morgan fingerprint density at radius 3 is 2.62 bits per heavy atom. The molecule has 2 nitrogen and oxygen atoms in total. The molecule has 0 spiro atoms. The van der Waals surface area contributed by atoms with Gasteiger partial charge in [-0.15, -0.1) is 0 Å². The highest BCUT2D eigenvalue weighted by Crippen LogP contribution is 2.19. The minimum Gasteiger partial charge on any atom is -0.396 e. The molecule has 3 heteroatoms. The zero-order chi connectivity index (χ0) is 10.0. The lowest BCUT2D eigenvalue weighted by Crippen LogP contribution is -2.04. The number of nitrogen functional groups attached to an aromatic ring is 1. The van der Waals surface area contributed by atoms with Gasteiger partial charge in [-0.25, -0.2) is 4.39 Å². The molecule has 0 heterocycles.